The highest BCUT2D eigenvalue weighted by atomic mass is 16.2. The number of nitrogens with one attached hydrogen (secondary N) is 1. The smallest absolute Gasteiger partial charge is 0.224 e. The van der Waals surface area contributed by atoms with E-state index >= 15 is 0 Å². The van der Waals surface area contributed by atoms with Gasteiger partial charge >= 0.3 is 0 Å². The van der Waals surface area contributed by atoms with Crippen LogP contribution < -0.4 is 5.32 Å². The Morgan fingerprint density at radius 3 is 2.44 bits per heavy atom. The molecule has 5 nitrogen and oxygen atoms in total. The Hall–Kier alpha value is -2.30. The third kappa shape index (κ3) is 5.84. The first kappa shape index (κ1) is 19.5. The van der Waals surface area contributed by atoms with Crippen molar-refractivity contribution in [1.29, 1.82) is 0 Å². The number of guanidine groups is 1. The van der Waals surface area contributed by atoms with Crippen LogP contribution in [0, 0.1) is 0 Å². The number of benzene rings is 1. The Balaban J connectivity index is 1.51. The first-order valence-electron chi connectivity index (χ1n) is 10.3. The van der Waals surface area contributed by atoms with Crippen molar-refractivity contribution in [2.24, 2.45) is 4.99 Å². The first-order valence-corrected chi connectivity index (χ1v) is 10.3. The number of carbonyl (C=O) groups excluding carboxylic acids is 1. The number of rotatable bonds is 5. The highest BCUT2D eigenvalue weighted by molar-refractivity contribution is 5.81. The van der Waals surface area contributed by atoms with Gasteiger partial charge in [-0.2, -0.15) is 0 Å². The summed E-state index contributed by atoms with van der Waals surface area (Å²) in [6.07, 6.45) is 7.24. The molecule has 2 aliphatic rings. The molecule has 1 aromatic rings. The van der Waals surface area contributed by atoms with Crippen LogP contribution in [-0.4, -0.2) is 60.9 Å². The van der Waals surface area contributed by atoms with E-state index in [1.54, 1.807) is 0 Å². The van der Waals surface area contributed by atoms with Crippen molar-refractivity contribution in [3.63, 3.8) is 0 Å². The van der Waals surface area contributed by atoms with E-state index in [-0.39, 0.29) is 5.91 Å². The fourth-order valence-electron chi connectivity index (χ4n) is 3.74. The second-order valence-corrected chi connectivity index (χ2v) is 7.27. The third-order valence-electron chi connectivity index (χ3n) is 5.26. The van der Waals surface area contributed by atoms with E-state index in [1.807, 2.05) is 4.90 Å². The number of carbonyl (C=O) groups is 1. The van der Waals surface area contributed by atoms with Gasteiger partial charge in [-0.1, -0.05) is 42.0 Å². The lowest BCUT2D eigenvalue weighted by molar-refractivity contribution is -0.129. The predicted octanol–water partition coefficient (Wildman–Crippen LogP) is 3.14. The Kier molecular flexibility index (Phi) is 7.31. The molecule has 2 aliphatic heterocycles. The molecule has 2 heterocycles. The fourth-order valence-corrected chi connectivity index (χ4v) is 3.74. The van der Waals surface area contributed by atoms with Gasteiger partial charge in [0, 0.05) is 39.1 Å². The molecule has 0 aliphatic carbocycles. The molecule has 0 unspecified atom stereocenters. The quantitative estimate of drug-likeness (QED) is 0.642. The SMILES string of the molecule is CCNC(=NCCC(=O)N1CCCC1)N1CCC(=Cc2ccccc2)CC1. The van der Waals surface area contributed by atoms with Crippen LogP contribution in [0.4, 0.5) is 0 Å². The maximum Gasteiger partial charge on any atom is 0.224 e. The Labute approximate surface area is 163 Å². The van der Waals surface area contributed by atoms with Crippen molar-refractivity contribution in [2.45, 2.75) is 39.0 Å². The number of hydrogen-bond acceptors (Lipinski definition) is 2. The first-order chi connectivity index (χ1) is 13.3. The summed E-state index contributed by atoms with van der Waals surface area (Å²) in [6.45, 7) is 7.31. The molecular weight excluding hydrogens is 336 g/mol. The van der Waals surface area contributed by atoms with Crippen molar-refractivity contribution in [3.05, 3.63) is 41.5 Å². The zero-order valence-corrected chi connectivity index (χ0v) is 16.5. The van der Waals surface area contributed by atoms with E-state index in [2.05, 4.69) is 53.5 Å². The van der Waals surface area contributed by atoms with Gasteiger partial charge in [0.1, 0.15) is 0 Å². The molecule has 0 saturated carbocycles. The van der Waals surface area contributed by atoms with E-state index in [4.69, 9.17) is 4.99 Å². The molecule has 0 aromatic heterocycles. The van der Waals surface area contributed by atoms with Crippen LogP contribution in [0.15, 0.2) is 40.9 Å². The molecule has 3 rings (SSSR count). The topological polar surface area (TPSA) is 47.9 Å². The van der Waals surface area contributed by atoms with E-state index in [9.17, 15) is 4.79 Å². The summed E-state index contributed by atoms with van der Waals surface area (Å²) in [6, 6.07) is 10.5. The summed E-state index contributed by atoms with van der Waals surface area (Å²) in [5.74, 6) is 1.20. The standard InChI is InChI=1S/C22H32N4O/c1-2-23-22(24-13-10-21(27)25-14-6-7-15-25)26-16-11-20(12-17-26)18-19-8-4-3-5-9-19/h3-5,8-9,18H,2,6-7,10-17H2,1H3,(H,23,24). The van der Waals surface area contributed by atoms with E-state index in [0.717, 1.165) is 64.4 Å². The number of nitrogens with zero attached hydrogens (tertiary/aromatic N) is 3. The minimum absolute atomic E-state index is 0.249. The summed E-state index contributed by atoms with van der Waals surface area (Å²) in [7, 11) is 0. The lowest BCUT2D eigenvalue weighted by Gasteiger charge is -2.31. The summed E-state index contributed by atoms with van der Waals surface area (Å²) in [5, 5.41) is 3.39. The van der Waals surface area contributed by atoms with E-state index in [1.165, 1.54) is 11.1 Å². The molecule has 2 fully saturated rings. The van der Waals surface area contributed by atoms with Crippen LogP contribution in [0.25, 0.3) is 6.08 Å². The van der Waals surface area contributed by atoms with Crippen molar-refractivity contribution < 1.29 is 4.79 Å². The number of hydrogen-bond donors (Lipinski definition) is 1. The van der Waals surface area contributed by atoms with E-state index in [0.29, 0.717) is 13.0 Å². The number of amides is 1. The molecule has 5 heteroatoms. The van der Waals surface area contributed by atoms with Gasteiger partial charge in [0.15, 0.2) is 5.96 Å². The number of likely N-dealkylation sites (tertiary alicyclic amines) is 2. The normalized spacial score (nSPS) is 18.0. The van der Waals surface area contributed by atoms with Crippen LogP contribution in [0.1, 0.15) is 44.6 Å². The highest BCUT2D eigenvalue weighted by Crippen LogP contribution is 2.19. The van der Waals surface area contributed by atoms with Gasteiger partial charge in [-0.05, 0) is 38.2 Å². The number of aliphatic imine (C=N–C) groups is 1. The largest absolute Gasteiger partial charge is 0.357 e. The van der Waals surface area contributed by atoms with Gasteiger partial charge < -0.3 is 15.1 Å². The summed E-state index contributed by atoms with van der Waals surface area (Å²) < 4.78 is 0. The molecule has 27 heavy (non-hydrogen) atoms. The van der Waals surface area contributed by atoms with Crippen LogP contribution in [-0.2, 0) is 4.79 Å². The minimum Gasteiger partial charge on any atom is -0.357 e. The second kappa shape index (κ2) is 10.1. The monoisotopic (exact) mass is 368 g/mol. The molecule has 146 valence electrons. The molecule has 0 radical (unpaired) electrons. The zero-order valence-electron chi connectivity index (χ0n) is 16.5. The summed E-state index contributed by atoms with van der Waals surface area (Å²) in [5.41, 5.74) is 2.78. The Morgan fingerprint density at radius 2 is 1.78 bits per heavy atom. The van der Waals surface area contributed by atoms with Crippen molar-refractivity contribution in [3.8, 4) is 0 Å². The fraction of sp³-hybridized carbons (Fsp3) is 0.545. The van der Waals surface area contributed by atoms with Gasteiger partial charge in [0.25, 0.3) is 0 Å². The lowest BCUT2D eigenvalue weighted by atomic mass is 10.0. The van der Waals surface area contributed by atoms with Gasteiger partial charge in [-0.15, -0.1) is 0 Å². The van der Waals surface area contributed by atoms with Crippen molar-refractivity contribution in [1.82, 2.24) is 15.1 Å². The average Bonchev–Trinajstić information content (AvgIpc) is 3.24. The molecule has 0 atom stereocenters. The van der Waals surface area contributed by atoms with Crippen LogP contribution in [0.2, 0.25) is 0 Å². The molecular formula is C22H32N4O. The van der Waals surface area contributed by atoms with Gasteiger partial charge in [-0.3, -0.25) is 9.79 Å². The van der Waals surface area contributed by atoms with Crippen molar-refractivity contribution >= 4 is 17.9 Å². The van der Waals surface area contributed by atoms with Crippen molar-refractivity contribution in [2.75, 3.05) is 39.3 Å². The van der Waals surface area contributed by atoms with Crippen LogP contribution in [0.5, 0.6) is 0 Å². The van der Waals surface area contributed by atoms with Gasteiger partial charge in [0.05, 0.1) is 6.54 Å². The maximum atomic E-state index is 12.2. The van der Waals surface area contributed by atoms with Gasteiger partial charge in [0.2, 0.25) is 5.91 Å². The molecule has 1 amide bonds. The maximum absolute atomic E-state index is 12.2. The van der Waals surface area contributed by atoms with Crippen LogP contribution >= 0.6 is 0 Å². The molecule has 0 bridgehead atoms. The Morgan fingerprint density at radius 1 is 1.07 bits per heavy atom. The summed E-state index contributed by atoms with van der Waals surface area (Å²) >= 11 is 0. The van der Waals surface area contributed by atoms with Crippen LogP contribution in [0.3, 0.4) is 0 Å². The molecule has 0 spiro atoms. The molecule has 2 saturated heterocycles. The summed E-state index contributed by atoms with van der Waals surface area (Å²) in [4.78, 5) is 21.2. The lowest BCUT2D eigenvalue weighted by Crippen LogP contribution is -2.44. The number of piperidine rings is 1. The highest BCUT2D eigenvalue weighted by Gasteiger charge is 2.19. The molecule has 1 N–H and O–H groups in total. The van der Waals surface area contributed by atoms with Gasteiger partial charge in [-0.25, -0.2) is 0 Å². The zero-order chi connectivity index (χ0) is 18.9. The predicted molar refractivity (Wildman–Crippen MR) is 112 cm³/mol. The molecule has 1 aromatic carbocycles. The Bertz CT molecular complexity index is 652. The average molecular weight is 369 g/mol. The second-order valence-electron chi connectivity index (χ2n) is 7.27. The third-order valence-corrected chi connectivity index (χ3v) is 5.26. The minimum atomic E-state index is 0.249. The van der Waals surface area contributed by atoms with E-state index < -0.39 is 0 Å².